The molecule has 0 aliphatic heterocycles. The van der Waals surface area contributed by atoms with Gasteiger partial charge in [0.1, 0.15) is 0 Å². The summed E-state index contributed by atoms with van der Waals surface area (Å²) in [6.07, 6.45) is 5.52. The number of anilines is 2. The molecule has 0 fully saturated rings. The Morgan fingerprint density at radius 1 is 1.07 bits per heavy atom. The summed E-state index contributed by atoms with van der Waals surface area (Å²) in [5, 5.41) is 11.7. The fourth-order valence-corrected chi connectivity index (χ4v) is 3.37. The lowest BCUT2D eigenvalue weighted by molar-refractivity contribution is 0.0944. The molecule has 0 unspecified atom stereocenters. The number of amides is 1. The summed E-state index contributed by atoms with van der Waals surface area (Å²) in [6.45, 7) is 6.76. The van der Waals surface area contributed by atoms with Crippen LogP contribution in [-0.4, -0.2) is 26.7 Å². The predicted octanol–water partition coefficient (Wildman–Crippen LogP) is 5.00. The van der Waals surface area contributed by atoms with Gasteiger partial charge < -0.3 is 10.6 Å². The Bertz CT molecular complexity index is 1180. The number of nitrogens with zero attached hydrogens (tertiary/aromatic N) is 3. The predicted molar refractivity (Wildman–Crippen MR) is 121 cm³/mol. The first-order valence-corrected chi connectivity index (χ1v) is 10.1. The summed E-state index contributed by atoms with van der Waals surface area (Å²) in [5.74, 6) is -0.151. The minimum absolute atomic E-state index is 0.0315. The quantitative estimate of drug-likeness (QED) is 0.479. The van der Waals surface area contributed by atoms with Crippen molar-refractivity contribution in [1.29, 1.82) is 0 Å². The van der Waals surface area contributed by atoms with Crippen LogP contribution in [0.4, 0.5) is 11.4 Å². The number of pyridine rings is 1. The average molecular weight is 399 g/mol. The Morgan fingerprint density at radius 2 is 1.87 bits per heavy atom. The molecule has 2 N–H and O–H groups in total. The van der Waals surface area contributed by atoms with Crippen molar-refractivity contribution in [2.24, 2.45) is 0 Å². The molecule has 0 atom stereocenters. The van der Waals surface area contributed by atoms with E-state index in [9.17, 15) is 4.79 Å². The van der Waals surface area contributed by atoms with Crippen LogP contribution in [0.1, 0.15) is 31.1 Å². The first-order chi connectivity index (χ1) is 14.5. The van der Waals surface area contributed by atoms with E-state index in [1.54, 1.807) is 6.20 Å². The normalized spacial score (nSPS) is 11.1. The molecule has 0 saturated heterocycles. The van der Waals surface area contributed by atoms with Gasteiger partial charge >= 0.3 is 0 Å². The Balaban J connectivity index is 1.87. The zero-order valence-corrected chi connectivity index (χ0v) is 17.4. The Hall–Kier alpha value is -3.67. The third-order valence-electron chi connectivity index (χ3n) is 4.87. The van der Waals surface area contributed by atoms with Crippen molar-refractivity contribution in [3.63, 3.8) is 0 Å². The molecule has 6 nitrogen and oxygen atoms in total. The molecule has 0 bridgehead atoms. The van der Waals surface area contributed by atoms with Crippen LogP contribution in [-0.2, 0) is 6.54 Å². The van der Waals surface area contributed by atoms with Crippen molar-refractivity contribution in [2.45, 2.75) is 33.4 Å². The molecule has 0 aliphatic rings. The van der Waals surface area contributed by atoms with E-state index in [1.165, 1.54) is 0 Å². The van der Waals surface area contributed by atoms with Crippen molar-refractivity contribution in [3.05, 3.63) is 72.7 Å². The maximum atomic E-state index is 12.9. The third-order valence-corrected chi connectivity index (χ3v) is 4.87. The molecule has 0 saturated carbocycles. The zero-order valence-electron chi connectivity index (χ0n) is 17.4. The number of aromatic nitrogens is 3. The number of hydrogen-bond donors (Lipinski definition) is 2. The van der Waals surface area contributed by atoms with Gasteiger partial charge in [-0.25, -0.2) is 0 Å². The van der Waals surface area contributed by atoms with Crippen molar-refractivity contribution >= 4 is 28.2 Å². The second-order valence-corrected chi connectivity index (χ2v) is 7.48. The van der Waals surface area contributed by atoms with Crippen molar-refractivity contribution < 1.29 is 4.79 Å². The molecule has 6 heteroatoms. The smallest absolute Gasteiger partial charge is 0.255 e. The van der Waals surface area contributed by atoms with Crippen molar-refractivity contribution in [1.82, 2.24) is 20.1 Å². The van der Waals surface area contributed by atoms with Crippen LogP contribution in [0, 0.1) is 0 Å². The van der Waals surface area contributed by atoms with E-state index >= 15 is 0 Å². The minimum atomic E-state index is -0.151. The second-order valence-electron chi connectivity index (χ2n) is 7.48. The van der Waals surface area contributed by atoms with E-state index in [2.05, 4.69) is 33.7 Å². The van der Waals surface area contributed by atoms with Crippen molar-refractivity contribution in [3.8, 4) is 11.1 Å². The molecular weight excluding hydrogens is 374 g/mol. The van der Waals surface area contributed by atoms with Crippen LogP contribution in [0.5, 0.6) is 0 Å². The largest absolute Gasteiger partial charge is 0.354 e. The average Bonchev–Trinajstić information content (AvgIpc) is 3.23. The maximum absolute atomic E-state index is 12.9. The van der Waals surface area contributed by atoms with E-state index < -0.39 is 0 Å². The molecule has 0 spiro atoms. The summed E-state index contributed by atoms with van der Waals surface area (Å²) in [4.78, 5) is 17.4. The van der Waals surface area contributed by atoms with Gasteiger partial charge in [0.2, 0.25) is 0 Å². The lowest BCUT2D eigenvalue weighted by Crippen LogP contribution is -2.30. The van der Waals surface area contributed by atoms with E-state index in [1.807, 2.05) is 73.4 Å². The molecule has 30 heavy (non-hydrogen) atoms. The van der Waals surface area contributed by atoms with E-state index in [-0.39, 0.29) is 11.9 Å². The summed E-state index contributed by atoms with van der Waals surface area (Å²) in [6, 6.07) is 16.0. The van der Waals surface area contributed by atoms with Crippen LogP contribution >= 0.6 is 0 Å². The molecule has 4 aromatic rings. The fourth-order valence-electron chi connectivity index (χ4n) is 3.37. The zero-order chi connectivity index (χ0) is 21.1. The number of nitrogens with one attached hydrogen (secondary N) is 2. The Morgan fingerprint density at radius 3 is 2.57 bits per heavy atom. The van der Waals surface area contributed by atoms with Gasteiger partial charge in [0.05, 0.1) is 23.0 Å². The number of carbonyl (C=O) groups excluding carboxylic acids is 1. The SMILES string of the molecule is CCn1cc(-c2ccc3ncc(C(=O)NC(C)C)c(Nc4ccccc4)c3c2)cn1. The van der Waals surface area contributed by atoms with Gasteiger partial charge in [-0.3, -0.25) is 14.5 Å². The number of para-hydroxylation sites is 1. The minimum Gasteiger partial charge on any atom is -0.354 e. The van der Waals surface area contributed by atoms with Crippen LogP contribution in [0.25, 0.3) is 22.0 Å². The Kier molecular flexibility index (Phi) is 5.48. The lowest BCUT2D eigenvalue weighted by Gasteiger charge is -2.16. The van der Waals surface area contributed by atoms with Crippen LogP contribution in [0.15, 0.2) is 67.1 Å². The molecule has 0 radical (unpaired) electrons. The van der Waals surface area contributed by atoms with Gasteiger partial charge in [0.25, 0.3) is 5.91 Å². The second kappa shape index (κ2) is 8.37. The van der Waals surface area contributed by atoms with Gasteiger partial charge in [0, 0.05) is 41.6 Å². The molecule has 2 aromatic carbocycles. The fraction of sp³-hybridized carbons (Fsp3) is 0.208. The monoisotopic (exact) mass is 399 g/mol. The number of benzene rings is 2. The van der Waals surface area contributed by atoms with Crippen LogP contribution < -0.4 is 10.6 Å². The molecule has 1 amide bonds. The van der Waals surface area contributed by atoms with E-state index in [0.717, 1.165) is 39.9 Å². The van der Waals surface area contributed by atoms with Gasteiger partial charge in [0.15, 0.2) is 0 Å². The summed E-state index contributed by atoms with van der Waals surface area (Å²) >= 11 is 0. The maximum Gasteiger partial charge on any atom is 0.255 e. The molecule has 152 valence electrons. The van der Waals surface area contributed by atoms with Gasteiger partial charge in [-0.1, -0.05) is 24.3 Å². The standard InChI is InChI=1S/C24H25N5O/c1-4-29-15-18(13-26-29)17-10-11-22-20(12-17)23(28-19-8-6-5-7-9-19)21(14-25-22)24(30)27-16(2)3/h5-16H,4H2,1-3H3,(H,25,28)(H,27,30). The highest BCUT2D eigenvalue weighted by Crippen LogP contribution is 2.32. The molecular formula is C24H25N5O. The van der Waals surface area contributed by atoms with E-state index in [4.69, 9.17) is 0 Å². The molecule has 0 aliphatic carbocycles. The van der Waals surface area contributed by atoms with Crippen LogP contribution in [0.3, 0.4) is 0 Å². The number of hydrogen-bond acceptors (Lipinski definition) is 4. The highest BCUT2D eigenvalue weighted by Gasteiger charge is 2.17. The first kappa shape index (κ1) is 19.6. The molecule has 2 heterocycles. The molecule has 4 rings (SSSR count). The van der Waals surface area contributed by atoms with Crippen LogP contribution in [0.2, 0.25) is 0 Å². The third kappa shape index (κ3) is 4.03. The number of fused-ring (bicyclic) bond motifs is 1. The topological polar surface area (TPSA) is 71.8 Å². The molecule has 2 aromatic heterocycles. The van der Waals surface area contributed by atoms with Gasteiger partial charge in [-0.15, -0.1) is 0 Å². The number of carbonyl (C=O) groups is 1. The van der Waals surface area contributed by atoms with E-state index in [0.29, 0.717) is 5.56 Å². The Labute approximate surface area is 176 Å². The summed E-state index contributed by atoms with van der Waals surface area (Å²) < 4.78 is 1.90. The van der Waals surface area contributed by atoms with Gasteiger partial charge in [-0.2, -0.15) is 5.10 Å². The summed E-state index contributed by atoms with van der Waals surface area (Å²) in [7, 11) is 0. The van der Waals surface area contributed by atoms with Crippen molar-refractivity contribution in [2.75, 3.05) is 5.32 Å². The highest BCUT2D eigenvalue weighted by molar-refractivity contribution is 6.08. The number of aryl methyl sites for hydroxylation is 1. The lowest BCUT2D eigenvalue weighted by atomic mass is 10.0. The first-order valence-electron chi connectivity index (χ1n) is 10.1. The summed E-state index contributed by atoms with van der Waals surface area (Å²) in [5.41, 5.74) is 5.05. The highest BCUT2D eigenvalue weighted by atomic mass is 16.1. The number of rotatable bonds is 6. The van der Waals surface area contributed by atoms with Gasteiger partial charge in [-0.05, 0) is 50.6 Å².